The molecule has 0 unspecified atom stereocenters. The molecule has 1 aliphatic rings. The molecule has 0 spiro atoms. The van der Waals surface area contributed by atoms with Crippen LogP contribution in [-0.2, 0) is 16.4 Å². The number of nitrogens with one attached hydrogen (secondary N) is 1. The van der Waals surface area contributed by atoms with Gasteiger partial charge in [-0.25, -0.2) is 23.5 Å². The van der Waals surface area contributed by atoms with Gasteiger partial charge in [0.15, 0.2) is 0 Å². The fourth-order valence-electron chi connectivity index (χ4n) is 2.27. The minimum absolute atomic E-state index is 0.276. The standard InChI is InChI=1S/C12H20N4O2S/c1-3-10-7-9(2)15-11(16-10)14-8-12(5-4-6-12)19(13,17)18/h7H,3-6,8H2,1-2H3,(H2,13,17,18)(H,14,15,16). The first-order chi connectivity index (χ1) is 8.86. The molecule has 0 saturated heterocycles. The molecule has 1 saturated carbocycles. The van der Waals surface area contributed by atoms with E-state index in [2.05, 4.69) is 15.3 Å². The molecule has 0 amide bonds. The summed E-state index contributed by atoms with van der Waals surface area (Å²) < 4.78 is 22.4. The van der Waals surface area contributed by atoms with Crippen LogP contribution in [0.4, 0.5) is 5.95 Å². The second kappa shape index (κ2) is 5.05. The van der Waals surface area contributed by atoms with Gasteiger partial charge in [-0.1, -0.05) is 13.3 Å². The predicted octanol–water partition coefficient (Wildman–Crippen LogP) is 0.971. The molecule has 6 nitrogen and oxygen atoms in total. The lowest BCUT2D eigenvalue weighted by Gasteiger charge is -2.39. The molecule has 1 heterocycles. The molecule has 1 aromatic rings. The van der Waals surface area contributed by atoms with Crippen LogP contribution in [-0.4, -0.2) is 29.7 Å². The zero-order valence-electron chi connectivity index (χ0n) is 11.3. The topological polar surface area (TPSA) is 98.0 Å². The molecule has 106 valence electrons. The SMILES string of the molecule is CCc1cc(C)nc(NCC2(S(N)(=O)=O)CCC2)n1. The number of hydrogen-bond donors (Lipinski definition) is 2. The van der Waals surface area contributed by atoms with E-state index >= 15 is 0 Å². The second-order valence-electron chi connectivity index (χ2n) is 5.11. The lowest BCUT2D eigenvalue weighted by atomic mass is 9.84. The Balaban J connectivity index is 2.12. The van der Waals surface area contributed by atoms with Crippen LogP contribution in [0.1, 0.15) is 37.6 Å². The molecular weight excluding hydrogens is 264 g/mol. The van der Waals surface area contributed by atoms with Crippen LogP contribution in [0.25, 0.3) is 0 Å². The maximum Gasteiger partial charge on any atom is 0.223 e. The lowest BCUT2D eigenvalue weighted by Crippen LogP contribution is -2.53. The van der Waals surface area contributed by atoms with Crippen LogP contribution in [0.3, 0.4) is 0 Å². The van der Waals surface area contributed by atoms with Crippen molar-refractivity contribution >= 4 is 16.0 Å². The Kier molecular flexibility index (Phi) is 3.78. The highest BCUT2D eigenvalue weighted by Gasteiger charge is 2.47. The Morgan fingerprint density at radius 2 is 2.11 bits per heavy atom. The maximum absolute atomic E-state index is 11.6. The smallest absolute Gasteiger partial charge is 0.223 e. The molecule has 7 heteroatoms. The van der Waals surface area contributed by atoms with Crippen molar-refractivity contribution in [2.24, 2.45) is 5.14 Å². The van der Waals surface area contributed by atoms with Crippen molar-refractivity contribution in [3.8, 4) is 0 Å². The number of nitrogens with two attached hydrogens (primary N) is 1. The lowest BCUT2D eigenvalue weighted by molar-refractivity contribution is 0.351. The Morgan fingerprint density at radius 1 is 1.42 bits per heavy atom. The van der Waals surface area contributed by atoms with Crippen molar-refractivity contribution in [3.05, 3.63) is 17.5 Å². The summed E-state index contributed by atoms with van der Waals surface area (Å²) in [5.41, 5.74) is 1.81. The summed E-state index contributed by atoms with van der Waals surface area (Å²) in [6, 6.07) is 1.92. The highest BCUT2D eigenvalue weighted by atomic mass is 32.2. The number of anilines is 1. The van der Waals surface area contributed by atoms with E-state index in [-0.39, 0.29) is 6.54 Å². The molecule has 0 atom stereocenters. The van der Waals surface area contributed by atoms with E-state index in [1.807, 2.05) is 19.9 Å². The van der Waals surface area contributed by atoms with Crippen LogP contribution < -0.4 is 10.5 Å². The van der Waals surface area contributed by atoms with Crippen LogP contribution in [0.5, 0.6) is 0 Å². The monoisotopic (exact) mass is 284 g/mol. The van der Waals surface area contributed by atoms with E-state index in [0.29, 0.717) is 18.8 Å². The van der Waals surface area contributed by atoms with Gasteiger partial charge in [-0.3, -0.25) is 0 Å². The fourth-order valence-corrected chi connectivity index (χ4v) is 3.40. The summed E-state index contributed by atoms with van der Waals surface area (Å²) in [5.74, 6) is 0.478. The van der Waals surface area contributed by atoms with Gasteiger partial charge in [-0.2, -0.15) is 0 Å². The molecule has 0 aliphatic heterocycles. The van der Waals surface area contributed by atoms with Gasteiger partial charge in [0.1, 0.15) is 4.75 Å². The highest BCUT2D eigenvalue weighted by molar-refractivity contribution is 7.90. The molecular formula is C12H20N4O2S. The van der Waals surface area contributed by atoms with E-state index in [4.69, 9.17) is 5.14 Å². The molecule has 1 aromatic heterocycles. The first-order valence-corrected chi connectivity index (χ1v) is 8.02. The number of aryl methyl sites for hydroxylation is 2. The Bertz CT molecular complexity index is 567. The zero-order valence-corrected chi connectivity index (χ0v) is 12.1. The van der Waals surface area contributed by atoms with E-state index in [1.165, 1.54) is 0 Å². The van der Waals surface area contributed by atoms with Crippen molar-refractivity contribution in [3.63, 3.8) is 0 Å². The van der Waals surface area contributed by atoms with Gasteiger partial charge in [0.2, 0.25) is 16.0 Å². The van der Waals surface area contributed by atoms with Crippen molar-refractivity contribution < 1.29 is 8.42 Å². The summed E-state index contributed by atoms with van der Waals surface area (Å²) in [6.07, 6.45) is 2.92. The zero-order chi connectivity index (χ0) is 14.1. The van der Waals surface area contributed by atoms with Gasteiger partial charge in [0.05, 0.1) is 0 Å². The largest absolute Gasteiger partial charge is 0.353 e. The Labute approximate surface area is 113 Å². The van der Waals surface area contributed by atoms with Gasteiger partial charge in [-0.15, -0.1) is 0 Å². The summed E-state index contributed by atoms with van der Waals surface area (Å²) in [5, 5.41) is 8.35. The molecule has 1 fully saturated rings. The average molecular weight is 284 g/mol. The molecule has 1 aliphatic carbocycles. The third kappa shape index (κ3) is 2.87. The van der Waals surface area contributed by atoms with Crippen molar-refractivity contribution in [1.82, 2.24) is 9.97 Å². The van der Waals surface area contributed by atoms with Gasteiger partial charge >= 0.3 is 0 Å². The van der Waals surface area contributed by atoms with Gasteiger partial charge in [-0.05, 0) is 32.3 Å². The van der Waals surface area contributed by atoms with Crippen molar-refractivity contribution in [1.29, 1.82) is 0 Å². The first-order valence-electron chi connectivity index (χ1n) is 6.47. The van der Waals surface area contributed by atoms with Gasteiger partial charge < -0.3 is 5.32 Å². The molecule has 0 radical (unpaired) electrons. The molecule has 0 bridgehead atoms. The van der Waals surface area contributed by atoms with E-state index in [9.17, 15) is 8.42 Å². The quantitative estimate of drug-likeness (QED) is 0.839. The van der Waals surface area contributed by atoms with Crippen LogP contribution in [0.15, 0.2) is 6.07 Å². The Hall–Kier alpha value is -1.21. The molecule has 2 rings (SSSR count). The highest BCUT2D eigenvalue weighted by Crippen LogP contribution is 2.37. The third-order valence-electron chi connectivity index (χ3n) is 3.71. The number of aromatic nitrogens is 2. The molecule has 3 N–H and O–H groups in total. The van der Waals surface area contributed by atoms with Crippen molar-refractivity contribution in [2.75, 3.05) is 11.9 Å². The summed E-state index contributed by atoms with van der Waals surface area (Å²) >= 11 is 0. The first kappa shape index (κ1) is 14.2. The predicted molar refractivity (Wildman–Crippen MR) is 74.3 cm³/mol. The average Bonchev–Trinajstić information content (AvgIpc) is 2.24. The summed E-state index contributed by atoms with van der Waals surface area (Å²) in [6.45, 7) is 4.19. The number of nitrogens with zero attached hydrogens (tertiary/aromatic N) is 2. The van der Waals surface area contributed by atoms with Gasteiger partial charge in [0, 0.05) is 17.9 Å². The minimum atomic E-state index is -3.54. The number of hydrogen-bond acceptors (Lipinski definition) is 5. The van der Waals surface area contributed by atoms with Crippen LogP contribution >= 0.6 is 0 Å². The second-order valence-corrected chi connectivity index (χ2v) is 7.07. The number of primary sulfonamides is 1. The third-order valence-corrected chi connectivity index (χ3v) is 5.47. The van der Waals surface area contributed by atoms with E-state index in [0.717, 1.165) is 24.2 Å². The maximum atomic E-state index is 11.6. The fraction of sp³-hybridized carbons (Fsp3) is 0.667. The molecule has 19 heavy (non-hydrogen) atoms. The summed E-state index contributed by atoms with van der Waals surface area (Å²) in [7, 11) is -3.54. The van der Waals surface area contributed by atoms with Crippen LogP contribution in [0.2, 0.25) is 0 Å². The van der Waals surface area contributed by atoms with Crippen molar-refractivity contribution in [2.45, 2.75) is 44.3 Å². The van der Waals surface area contributed by atoms with E-state index < -0.39 is 14.8 Å². The Morgan fingerprint density at radius 3 is 2.58 bits per heavy atom. The summed E-state index contributed by atoms with van der Waals surface area (Å²) in [4.78, 5) is 8.61. The molecule has 0 aromatic carbocycles. The number of rotatable bonds is 5. The van der Waals surface area contributed by atoms with Gasteiger partial charge in [0.25, 0.3) is 0 Å². The van der Waals surface area contributed by atoms with Crippen LogP contribution in [0, 0.1) is 6.92 Å². The minimum Gasteiger partial charge on any atom is -0.353 e. The number of sulfonamides is 1. The van der Waals surface area contributed by atoms with E-state index in [1.54, 1.807) is 0 Å². The normalized spacial score (nSPS) is 17.8.